The second-order valence-corrected chi connectivity index (χ2v) is 28.3. The lowest BCUT2D eigenvalue weighted by Crippen LogP contribution is -2.62. The van der Waals surface area contributed by atoms with Crippen LogP contribution in [0.3, 0.4) is 0 Å². The van der Waals surface area contributed by atoms with E-state index in [-0.39, 0.29) is 39.2 Å². The Kier molecular flexibility index (Phi) is 10.9. The molecular formula is C69H76BN3S. The normalized spacial score (nSPS) is 17.8. The molecule has 0 unspecified atom stereocenters. The molecule has 5 heteroatoms. The lowest BCUT2D eigenvalue weighted by molar-refractivity contribution is 0.331. The highest BCUT2D eigenvalue weighted by Crippen LogP contribution is 2.57. The van der Waals surface area contributed by atoms with E-state index in [2.05, 4.69) is 258 Å². The van der Waals surface area contributed by atoms with Gasteiger partial charge in [0.15, 0.2) is 0 Å². The Morgan fingerprint density at radius 2 is 1.03 bits per heavy atom. The Labute approximate surface area is 447 Å². The number of aryl methyl sites for hydroxylation is 1. The maximum atomic E-state index is 2.79. The highest BCUT2D eigenvalue weighted by Gasteiger charge is 2.50. The zero-order valence-electron chi connectivity index (χ0n) is 46.9. The van der Waals surface area contributed by atoms with E-state index < -0.39 is 0 Å². The van der Waals surface area contributed by atoms with Crippen molar-refractivity contribution in [3.63, 3.8) is 0 Å². The summed E-state index contributed by atoms with van der Waals surface area (Å²) in [6.07, 6.45) is 4.62. The van der Waals surface area contributed by atoms with Crippen LogP contribution in [-0.2, 0) is 32.5 Å². The molecular weight excluding hydrogens is 914 g/mol. The molecule has 0 atom stereocenters. The second kappa shape index (κ2) is 16.5. The zero-order chi connectivity index (χ0) is 52.2. The summed E-state index contributed by atoms with van der Waals surface area (Å²) in [4.78, 5) is 7.98. The van der Waals surface area contributed by atoms with E-state index in [0.717, 1.165) is 36.3 Å². The fraction of sp³-hybridized carbons (Fsp3) is 0.362. The van der Waals surface area contributed by atoms with Crippen LogP contribution in [0, 0.1) is 6.92 Å². The lowest BCUT2D eigenvalue weighted by atomic mass is 9.33. The molecule has 0 saturated heterocycles. The number of hydrogen-bond acceptors (Lipinski definition) is 4. The van der Waals surface area contributed by atoms with Gasteiger partial charge in [-0.3, -0.25) is 0 Å². The smallest absolute Gasteiger partial charge is 0.254 e. The van der Waals surface area contributed by atoms with Crippen LogP contribution in [-0.4, -0.2) is 6.71 Å². The molecule has 0 radical (unpaired) electrons. The fourth-order valence-electron chi connectivity index (χ4n) is 13.5. The van der Waals surface area contributed by atoms with Gasteiger partial charge in [-0.15, -0.1) is 11.3 Å². The quantitative estimate of drug-likeness (QED) is 0.159. The molecule has 3 nitrogen and oxygen atoms in total. The summed E-state index contributed by atoms with van der Waals surface area (Å²) in [5.74, 6) is 0. The van der Waals surface area contributed by atoms with E-state index in [0.29, 0.717) is 0 Å². The van der Waals surface area contributed by atoms with Gasteiger partial charge in [0.1, 0.15) is 0 Å². The van der Waals surface area contributed by atoms with Crippen LogP contribution in [0.1, 0.15) is 162 Å². The standard InChI is InChI=1S/C69H76BN3S/c1-43-38-44(64(2,3)4)26-32-55(43)73-57-42-49(71(46-22-18-16-19-23-46)47-24-20-17-21-25-47)41-56-61(57)70(60-50-39-45(65(5,6)7)27-33-58(50)74-63(60)73)54-31-30-52-59(69(14,15)37-36-67(52,10)11)62(54)72(56)48-28-29-51-53(40-48)68(12,13)35-34-66(51,8)9/h16-33,38-42H,34-37H2,1-15H3. The van der Waals surface area contributed by atoms with E-state index in [1.54, 1.807) is 0 Å². The minimum atomic E-state index is -0.0759. The highest BCUT2D eigenvalue weighted by molar-refractivity contribution is 7.26. The van der Waals surface area contributed by atoms with Gasteiger partial charge in [-0.2, -0.15) is 0 Å². The first kappa shape index (κ1) is 48.9. The summed E-state index contributed by atoms with van der Waals surface area (Å²) in [5.41, 5.74) is 24.0. The number of nitrogens with zero attached hydrogens (tertiary/aromatic N) is 3. The summed E-state index contributed by atoms with van der Waals surface area (Å²) in [7, 11) is 0. The summed E-state index contributed by atoms with van der Waals surface area (Å²) in [6.45, 7) is 36.4. The number of para-hydroxylation sites is 2. The maximum Gasteiger partial charge on any atom is 0.254 e. The number of benzene rings is 7. The van der Waals surface area contributed by atoms with Gasteiger partial charge in [-0.1, -0.05) is 176 Å². The first-order valence-electron chi connectivity index (χ1n) is 27.6. The van der Waals surface area contributed by atoms with Crippen molar-refractivity contribution >= 4 is 95.0 Å². The molecule has 0 spiro atoms. The summed E-state index contributed by atoms with van der Waals surface area (Å²) in [5, 5.41) is 2.69. The average Bonchev–Trinajstić information content (AvgIpc) is 3.75. The van der Waals surface area contributed by atoms with Crippen molar-refractivity contribution in [2.45, 2.75) is 162 Å². The van der Waals surface area contributed by atoms with Crippen LogP contribution in [0.4, 0.5) is 50.5 Å². The van der Waals surface area contributed by atoms with Gasteiger partial charge in [0.25, 0.3) is 6.71 Å². The van der Waals surface area contributed by atoms with Gasteiger partial charge in [0.2, 0.25) is 0 Å². The molecule has 8 aromatic rings. The monoisotopic (exact) mass is 990 g/mol. The Balaban J connectivity index is 1.28. The van der Waals surface area contributed by atoms with Crippen molar-refractivity contribution in [1.82, 2.24) is 0 Å². The van der Waals surface area contributed by atoms with Gasteiger partial charge in [-0.05, 0) is 186 Å². The van der Waals surface area contributed by atoms with Crippen molar-refractivity contribution < 1.29 is 0 Å². The predicted octanol–water partition coefficient (Wildman–Crippen LogP) is 18.1. The molecule has 0 N–H and O–H groups in total. The minimum absolute atomic E-state index is 0.0116. The second-order valence-electron chi connectivity index (χ2n) is 27.2. The molecule has 3 heterocycles. The fourth-order valence-corrected chi connectivity index (χ4v) is 14.8. The predicted molar refractivity (Wildman–Crippen MR) is 323 cm³/mol. The molecule has 4 aliphatic rings. The topological polar surface area (TPSA) is 9.72 Å². The highest BCUT2D eigenvalue weighted by atomic mass is 32.1. The summed E-state index contributed by atoms with van der Waals surface area (Å²) >= 11 is 1.97. The van der Waals surface area contributed by atoms with Crippen LogP contribution >= 0.6 is 11.3 Å². The number of thiophene rings is 1. The van der Waals surface area contributed by atoms with E-state index >= 15 is 0 Å². The molecule has 7 aromatic carbocycles. The van der Waals surface area contributed by atoms with Crippen molar-refractivity contribution in [2.24, 2.45) is 0 Å². The van der Waals surface area contributed by atoms with Crippen molar-refractivity contribution in [3.05, 3.63) is 178 Å². The molecule has 0 saturated carbocycles. The van der Waals surface area contributed by atoms with Crippen LogP contribution in [0.2, 0.25) is 0 Å². The largest absolute Gasteiger partial charge is 0.311 e. The number of fused-ring (bicyclic) bond motifs is 9. The number of anilines is 9. The Morgan fingerprint density at radius 3 is 1.64 bits per heavy atom. The molecule has 0 fully saturated rings. The van der Waals surface area contributed by atoms with E-state index in [1.807, 2.05) is 11.3 Å². The van der Waals surface area contributed by atoms with Crippen LogP contribution in [0.5, 0.6) is 0 Å². The summed E-state index contributed by atoms with van der Waals surface area (Å²) in [6, 6.07) is 54.7. The van der Waals surface area contributed by atoms with Crippen molar-refractivity contribution in [3.8, 4) is 0 Å². The molecule has 74 heavy (non-hydrogen) atoms. The van der Waals surface area contributed by atoms with Crippen LogP contribution in [0.15, 0.2) is 140 Å². The van der Waals surface area contributed by atoms with Gasteiger partial charge >= 0.3 is 0 Å². The number of rotatable bonds is 5. The van der Waals surface area contributed by atoms with Gasteiger partial charge in [0.05, 0.1) is 10.7 Å². The number of hydrogen-bond donors (Lipinski definition) is 0. The zero-order valence-corrected chi connectivity index (χ0v) is 47.8. The third-order valence-corrected chi connectivity index (χ3v) is 19.3. The van der Waals surface area contributed by atoms with Gasteiger partial charge < -0.3 is 14.7 Å². The molecule has 12 rings (SSSR count). The Morgan fingerprint density at radius 1 is 0.486 bits per heavy atom. The molecule has 376 valence electrons. The Hall–Kier alpha value is -6.04. The first-order chi connectivity index (χ1) is 34.9. The van der Waals surface area contributed by atoms with Crippen molar-refractivity contribution in [2.75, 3.05) is 14.7 Å². The lowest BCUT2D eigenvalue weighted by Gasteiger charge is -2.50. The van der Waals surface area contributed by atoms with Gasteiger partial charge in [0, 0.05) is 44.5 Å². The molecule has 2 aliphatic heterocycles. The van der Waals surface area contributed by atoms with Crippen LogP contribution in [0.25, 0.3) is 10.1 Å². The molecule has 0 amide bonds. The molecule has 0 bridgehead atoms. The Bertz CT molecular complexity index is 3520. The third-order valence-electron chi connectivity index (χ3n) is 18.2. The third kappa shape index (κ3) is 7.55. The van der Waals surface area contributed by atoms with E-state index in [9.17, 15) is 0 Å². The molecule has 2 aliphatic carbocycles. The maximum absolute atomic E-state index is 2.79. The van der Waals surface area contributed by atoms with Crippen LogP contribution < -0.4 is 31.1 Å². The van der Waals surface area contributed by atoms with E-state index in [4.69, 9.17) is 0 Å². The van der Waals surface area contributed by atoms with Gasteiger partial charge in [-0.25, -0.2) is 0 Å². The molecule has 1 aromatic heterocycles. The van der Waals surface area contributed by atoms with E-state index in [1.165, 1.54) is 105 Å². The van der Waals surface area contributed by atoms with Crippen molar-refractivity contribution in [1.29, 1.82) is 0 Å². The average molecular weight is 990 g/mol. The summed E-state index contributed by atoms with van der Waals surface area (Å²) < 4.78 is 1.34. The minimum Gasteiger partial charge on any atom is -0.311 e. The first-order valence-corrected chi connectivity index (χ1v) is 28.4. The SMILES string of the molecule is Cc1cc(C(C)(C)C)ccc1N1c2cc(N(c3ccccc3)c3ccccc3)cc3c2B(c2ccc4c(c2N3c2ccc3c(c2)C(C)(C)CCC3(C)C)C(C)(C)CCC4(C)C)c2c1sc1ccc(C(C)(C)C)cc21.